The van der Waals surface area contributed by atoms with E-state index in [1.165, 1.54) is 41.3 Å². The summed E-state index contributed by atoms with van der Waals surface area (Å²) in [5.41, 5.74) is 0.287. The van der Waals surface area contributed by atoms with Crippen LogP contribution in [0.5, 0.6) is 11.5 Å². The maximum absolute atomic E-state index is 13.7. The predicted molar refractivity (Wildman–Crippen MR) is 139 cm³/mol. The van der Waals surface area contributed by atoms with Crippen LogP contribution < -0.4 is 19.1 Å². The molecule has 3 rings (SSSR count). The molecule has 0 spiro atoms. The third kappa shape index (κ3) is 7.58. The van der Waals surface area contributed by atoms with E-state index >= 15 is 0 Å². The molecule has 0 aromatic heterocycles. The zero-order valence-corrected chi connectivity index (χ0v) is 22.6. The molecule has 0 radical (unpaired) electrons. The normalized spacial score (nSPS) is 14.0. The third-order valence-corrected chi connectivity index (χ3v) is 6.78. The van der Waals surface area contributed by atoms with Gasteiger partial charge in [0.15, 0.2) is 11.5 Å². The number of anilines is 1. The molecule has 9 nitrogen and oxygen atoms in total. The minimum Gasteiger partial charge on any atom is -0.486 e. The van der Waals surface area contributed by atoms with Gasteiger partial charge in [0.1, 0.15) is 31.6 Å². The van der Waals surface area contributed by atoms with E-state index in [9.17, 15) is 22.4 Å². The van der Waals surface area contributed by atoms with Gasteiger partial charge in [-0.1, -0.05) is 19.1 Å². The summed E-state index contributed by atoms with van der Waals surface area (Å²) in [4.78, 5) is 28.2. The van der Waals surface area contributed by atoms with Gasteiger partial charge < -0.3 is 19.7 Å². The number of ether oxygens (including phenoxy) is 2. The van der Waals surface area contributed by atoms with Crippen molar-refractivity contribution in [2.24, 2.45) is 0 Å². The fraction of sp³-hybridized carbons (Fsp3) is 0.462. The Morgan fingerprint density at radius 1 is 1.05 bits per heavy atom. The summed E-state index contributed by atoms with van der Waals surface area (Å²) < 4.78 is 51.1. The van der Waals surface area contributed by atoms with Gasteiger partial charge in [-0.05, 0) is 57.0 Å². The molecule has 0 fully saturated rings. The van der Waals surface area contributed by atoms with Gasteiger partial charge in [-0.2, -0.15) is 0 Å². The number of hydrogen-bond donors (Lipinski definition) is 1. The zero-order chi connectivity index (χ0) is 27.4. The minimum atomic E-state index is -3.89. The summed E-state index contributed by atoms with van der Waals surface area (Å²) in [5, 5.41) is 2.89. The predicted octanol–water partition coefficient (Wildman–Crippen LogP) is 3.09. The van der Waals surface area contributed by atoms with Gasteiger partial charge in [-0.3, -0.25) is 13.9 Å². The zero-order valence-electron chi connectivity index (χ0n) is 21.8. The van der Waals surface area contributed by atoms with Crippen LogP contribution in [-0.2, 0) is 26.2 Å². The smallest absolute Gasteiger partial charge is 0.244 e. The fourth-order valence-electron chi connectivity index (χ4n) is 3.96. The first kappa shape index (κ1) is 28.2. The highest BCUT2D eigenvalue weighted by Crippen LogP contribution is 2.34. The molecule has 2 aromatic rings. The third-order valence-electron chi connectivity index (χ3n) is 5.64. The van der Waals surface area contributed by atoms with Crippen LogP contribution in [0.1, 0.15) is 39.7 Å². The summed E-state index contributed by atoms with van der Waals surface area (Å²) in [6, 6.07) is 9.36. The Hall–Kier alpha value is -3.34. The van der Waals surface area contributed by atoms with Gasteiger partial charge in [0.05, 0.1) is 11.9 Å². The topological polar surface area (TPSA) is 105 Å². The number of hydrogen-bond acceptors (Lipinski definition) is 6. The number of nitrogens with zero attached hydrogens (tertiary/aromatic N) is 2. The van der Waals surface area contributed by atoms with Gasteiger partial charge in [0.25, 0.3) is 0 Å². The second kappa shape index (κ2) is 11.4. The maximum atomic E-state index is 13.7. The van der Waals surface area contributed by atoms with E-state index in [0.717, 1.165) is 10.6 Å². The second-order valence-corrected chi connectivity index (χ2v) is 11.8. The monoisotopic (exact) mass is 535 g/mol. The number of sulfonamides is 1. The van der Waals surface area contributed by atoms with Crippen molar-refractivity contribution < 1.29 is 31.9 Å². The first-order valence-corrected chi connectivity index (χ1v) is 13.9. The molecule has 0 saturated heterocycles. The van der Waals surface area contributed by atoms with Crippen LogP contribution >= 0.6 is 0 Å². The molecule has 1 N–H and O–H groups in total. The Bertz CT molecular complexity index is 1230. The summed E-state index contributed by atoms with van der Waals surface area (Å²) in [7, 11) is -3.89. The Balaban J connectivity index is 1.96. The van der Waals surface area contributed by atoms with Crippen molar-refractivity contribution in [2.75, 3.05) is 30.3 Å². The van der Waals surface area contributed by atoms with E-state index in [1.54, 1.807) is 13.0 Å². The summed E-state index contributed by atoms with van der Waals surface area (Å²) in [6.07, 6.45) is 1.29. The molecular weight excluding hydrogens is 501 g/mol. The lowest BCUT2D eigenvalue weighted by Crippen LogP contribution is -2.55. The molecule has 0 aliphatic carbocycles. The van der Waals surface area contributed by atoms with Crippen molar-refractivity contribution in [1.29, 1.82) is 0 Å². The molecule has 0 bridgehead atoms. The first-order chi connectivity index (χ1) is 17.3. The van der Waals surface area contributed by atoms with Crippen molar-refractivity contribution in [3.05, 3.63) is 53.8 Å². The Kier molecular flexibility index (Phi) is 8.68. The highest BCUT2D eigenvalue weighted by molar-refractivity contribution is 7.92. The van der Waals surface area contributed by atoms with E-state index in [-0.39, 0.29) is 24.6 Å². The number of rotatable bonds is 9. The van der Waals surface area contributed by atoms with Crippen LogP contribution in [0.25, 0.3) is 0 Å². The van der Waals surface area contributed by atoms with Crippen molar-refractivity contribution in [3.8, 4) is 11.5 Å². The van der Waals surface area contributed by atoms with Gasteiger partial charge in [0, 0.05) is 18.2 Å². The van der Waals surface area contributed by atoms with Crippen molar-refractivity contribution >= 4 is 27.5 Å². The number of amides is 2. The van der Waals surface area contributed by atoms with Gasteiger partial charge >= 0.3 is 0 Å². The Labute approximate surface area is 217 Å². The highest BCUT2D eigenvalue weighted by Gasteiger charge is 2.33. The molecule has 1 aliphatic rings. The van der Waals surface area contributed by atoms with Crippen LogP contribution in [0.2, 0.25) is 0 Å². The number of halogens is 1. The van der Waals surface area contributed by atoms with Crippen molar-refractivity contribution in [3.63, 3.8) is 0 Å². The number of nitrogens with one attached hydrogen (secondary N) is 1. The fourth-order valence-corrected chi connectivity index (χ4v) is 4.80. The molecule has 1 aliphatic heterocycles. The van der Waals surface area contributed by atoms with Crippen LogP contribution in [-0.4, -0.2) is 62.7 Å². The van der Waals surface area contributed by atoms with Crippen LogP contribution in [0.3, 0.4) is 0 Å². The Morgan fingerprint density at radius 3 is 2.24 bits per heavy atom. The largest absolute Gasteiger partial charge is 0.486 e. The average Bonchev–Trinajstić information content (AvgIpc) is 2.81. The standard InChI is InChI=1S/C26H34FN3O6S/c1-6-21(25(32)28-26(2,3)4)29(16-18-7-9-19(27)10-8-18)24(31)17-30(37(5,33)34)20-11-12-22-23(15-20)36-14-13-35-22/h7-12,15,21H,6,13-14,16-17H2,1-5H3,(H,28,32)/t21-/m1/s1. The lowest BCUT2D eigenvalue weighted by molar-refractivity contribution is -0.141. The lowest BCUT2D eigenvalue weighted by atomic mass is 10.1. The number of carbonyl (C=O) groups is 2. The molecule has 11 heteroatoms. The van der Waals surface area contributed by atoms with E-state index in [1.807, 2.05) is 20.8 Å². The van der Waals surface area contributed by atoms with Crippen molar-refractivity contribution in [1.82, 2.24) is 10.2 Å². The SMILES string of the molecule is CC[C@H](C(=O)NC(C)(C)C)N(Cc1ccc(F)cc1)C(=O)CN(c1ccc2c(c1)OCCO2)S(C)(=O)=O. The van der Waals surface area contributed by atoms with Gasteiger partial charge in [-0.15, -0.1) is 0 Å². The summed E-state index contributed by atoms with van der Waals surface area (Å²) in [6.45, 7) is 7.42. The molecule has 37 heavy (non-hydrogen) atoms. The van der Waals surface area contributed by atoms with E-state index in [0.29, 0.717) is 30.3 Å². The highest BCUT2D eigenvalue weighted by atomic mass is 32.2. The summed E-state index contributed by atoms with van der Waals surface area (Å²) in [5.74, 6) is -0.515. The van der Waals surface area contributed by atoms with Crippen molar-refractivity contribution in [2.45, 2.75) is 52.2 Å². The second-order valence-electron chi connectivity index (χ2n) is 9.91. The van der Waals surface area contributed by atoms with E-state index < -0.39 is 39.9 Å². The van der Waals surface area contributed by atoms with Gasteiger partial charge in [0.2, 0.25) is 21.8 Å². The maximum Gasteiger partial charge on any atom is 0.244 e. The number of benzene rings is 2. The molecule has 1 heterocycles. The lowest BCUT2D eigenvalue weighted by Gasteiger charge is -2.34. The molecule has 0 unspecified atom stereocenters. The molecule has 0 saturated carbocycles. The quantitative estimate of drug-likeness (QED) is 0.529. The van der Waals surface area contributed by atoms with Crippen LogP contribution in [0.4, 0.5) is 10.1 Å². The number of carbonyl (C=O) groups excluding carboxylic acids is 2. The molecule has 202 valence electrons. The molecule has 2 amide bonds. The average molecular weight is 536 g/mol. The van der Waals surface area contributed by atoms with E-state index in [4.69, 9.17) is 9.47 Å². The first-order valence-electron chi connectivity index (χ1n) is 12.0. The van der Waals surface area contributed by atoms with Gasteiger partial charge in [-0.25, -0.2) is 12.8 Å². The van der Waals surface area contributed by atoms with E-state index in [2.05, 4.69) is 5.32 Å². The number of fused-ring (bicyclic) bond motifs is 1. The molecule has 2 aromatic carbocycles. The molecule has 1 atom stereocenters. The Morgan fingerprint density at radius 2 is 1.68 bits per heavy atom. The molecular formula is C26H34FN3O6S. The van der Waals surface area contributed by atoms with Crippen LogP contribution in [0, 0.1) is 5.82 Å². The minimum absolute atomic E-state index is 0.00603. The van der Waals surface area contributed by atoms with Crippen LogP contribution in [0.15, 0.2) is 42.5 Å². The summed E-state index contributed by atoms with van der Waals surface area (Å²) >= 11 is 0.